The molecule has 3 amide bonds. The summed E-state index contributed by atoms with van der Waals surface area (Å²) in [5, 5.41) is 16.6. The largest absolute Gasteiger partial charge is 0.508 e. The number of carbonyl (C=O) groups excluding carboxylic acids is 3. The number of ether oxygens (including phenoxy) is 1. The molecular formula is C33H39N3O5. The first-order valence-corrected chi connectivity index (χ1v) is 13.9. The monoisotopic (exact) mass is 557 g/mol. The lowest BCUT2D eigenvalue weighted by molar-refractivity contribution is -0.141. The molecule has 3 aromatic rings. The molecule has 0 bridgehead atoms. The number of rotatable bonds is 9. The van der Waals surface area contributed by atoms with Crippen LogP contribution in [0.1, 0.15) is 56.8 Å². The van der Waals surface area contributed by atoms with Crippen molar-refractivity contribution in [1.29, 1.82) is 0 Å². The number of phenolic OH excluding ortho intramolecular Hbond substituents is 1. The zero-order valence-electron chi connectivity index (χ0n) is 24.3. The normalized spacial score (nSPS) is 17.6. The van der Waals surface area contributed by atoms with E-state index >= 15 is 0 Å². The van der Waals surface area contributed by atoms with Crippen molar-refractivity contribution in [3.63, 3.8) is 0 Å². The highest BCUT2D eigenvalue weighted by atomic mass is 16.6. The highest BCUT2D eigenvalue weighted by molar-refractivity contribution is 6.00. The number of alkyl carbamates (subject to hydrolysis) is 1. The maximum absolute atomic E-state index is 14.5. The molecule has 8 heteroatoms. The van der Waals surface area contributed by atoms with Crippen molar-refractivity contribution in [1.82, 2.24) is 10.2 Å². The molecule has 0 aromatic heterocycles. The molecule has 1 saturated carbocycles. The third-order valence-electron chi connectivity index (χ3n) is 7.11. The molecule has 1 aliphatic carbocycles. The predicted octanol–water partition coefficient (Wildman–Crippen LogP) is 5.75. The van der Waals surface area contributed by atoms with Gasteiger partial charge in [-0.1, -0.05) is 73.7 Å². The summed E-state index contributed by atoms with van der Waals surface area (Å²) >= 11 is 0. The minimum absolute atomic E-state index is 0.0942. The lowest BCUT2D eigenvalue weighted by Gasteiger charge is -2.35. The summed E-state index contributed by atoms with van der Waals surface area (Å²) in [4.78, 5) is 43.0. The van der Waals surface area contributed by atoms with E-state index in [2.05, 4.69) is 10.6 Å². The molecule has 0 saturated heterocycles. The van der Waals surface area contributed by atoms with Crippen molar-refractivity contribution in [2.45, 2.75) is 71.2 Å². The van der Waals surface area contributed by atoms with Crippen LogP contribution in [0, 0.1) is 12.8 Å². The summed E-state index contributed by atoms with van der Waals surface area (Å²) in [6.45, 7) is 9.16. The van der Waals surface area contributed by atoms with Crippen LogP contribution in [0.4, 0.5) is 10.5 Å². The number of carbonyl (C=O) groups is 3. The molecule has 41 heavy (non-hydrogen) atoms. The van der Waals surface area contributed by atoms with Crippen molar-refractivity contribution in [3.05, 3.63) is 95.6 Å². The molecule has 0 heterocycles. The highest BCUT2D eigenvalue weighted by Gasteiger charge is 2.48. The number of amides is 3. The molecule has 0 radical (unpaired) electrons. The quantitative estimate of drug-likeness (QED) is 0.310. The minimum Gasteiger partial charge on any atom is -0.508 e. The van der Waals surface area contributed by atoms with Crippen LogP contribution in [0.25, 0.3) is 0 Å². The standard InChI is InChI=1S/C33H39N3O5/c1-21-13-9-11-17-25(21)34-30(38)29(24-16-10-12-18-28(24)37)36(27-19-22(27)2)31(39)26(20-23-14-7-6-8-15-23)35-32(40)41-33(3,4)5/h6-18,22,26-27,29,37H,19-20H2,1-5H3,(H,34,38)(H,35,40). The van der Waals surface area contributed by atoms with E-state index in [-0.39, 0.29) is 24.1 Å². The summed E-state index contributed by atoms with van der Waals surface area (Å²) in [5.74, 6) is -0.841. The summed E-state index contributed by atoms with van der Waals surface area (Å²) in [6.07, 6.45) is 0.167. The molecule has 1 fully saturated rings. The van der Waals surface area contributed by atoms with Crippen LogP contribution in [0.3, 0.4) is 0 Å². The number of aromatic hydroxyl groups is 1. The van der Waals surface area contributed by atoms with E-state index in [0.29, 0.717) is 17.7 Å². The van der Waals surface area contributed by atoms with Crippen molar-refractivity contribution in [2.75, 3.05) is 5.32 Å². The molecule has 0 spiro atoms. The SMILES string of the molecule is Cc1ccccc1NC(=O)C(c1ccccc1O)N(C(=O)C(Cc1ccccc1)NC(=O)OC(C)(C)C)C1CC1C. The van der Waals surface area contributed by atoms with E-state index in [1.807, 2.05) is 62.4 Å². The van der Waals surface area contributed by atoms with E-state index in [4.69, 9.17) is 4.74 Å². The molecule has 3 aromatic carbocycles. The number of aryl methyl sites for hydroxylation is 1. The maximum atomic E-state index is 14.5. The van der Waals surface area contributed by atoms with Crippen LogP contribution in [0.5, 0.6) is 5.75 Å². The second-order valence-corrected chi connectivity index (χ2v) is 11.7. The summed E-state index contributed by atoms with van der Waals surface area (Å²) in [7, 11) is 0. The maximum Gasteiger partial charge on any atom is 0.408 e. The topological polar surface area (TPSA) is 108 Å². The molecule has 216 valence electrons. The number of nitrogens with one attached hydrogen (secondary N) is 2. The Balaban J connectivity index is 1.76. The number of para-hydroxylation sites is 2. The van der Waals surface area contributed by atoms with Gasteiger partial charge < -0.3 is 25.4 Å². The number of anilines is 1. The smallest absolute Gasteiger partial charge is 0.408 e. The van der Waals surface area contributed by atoms with E-state index in [1.54, 1.807) is 45.0 Å². The number of phenols is 1. The van der Waals surface area contributed by atoms with Gasteiger partial charge in [0, 0.05) is 23.7 Å². The Bertz CT molecular complexity index is 1380. The molecule has 4 atom stereocenters. The van der Waals surface area contributed by atoms with Gasteiger partial charge >= 0.3 is 6.09 Å². The van der Waals surface area contributed by atoms with Crippen molar-refractivity contribution >= 4 is 23.6 Å². The van der Waals surface area contributed by atoms with Gasteiger partial charge in [0.15, 0.2) is 0 Å². The lowest BCUT2D eigenvalue weighted by Crippen LogP contribution is -2.54. The average molecular weight is 558 g/mol. The van der Waals surface area contributed by atoms with E-state index in [9.17, 15) is 19.5 Å². The Morgan fingerprint density at radius 3 is 2.20 bits per heavy atom. The van der Waals surface area contributed by atoms with Gasteiger partial charge in [-0.3, -0.25) is 9.59 Å². The summed E-state index contributed by atoms with van der Waals surface area (Å²) in [5.41, 5.74) is 1.86. The van der Waals surface area contributed by atoms with Gasteiger partial charge in [0.25, 0.3) is 5.91 Å². The van der Waals surface area contributed by atoms with Gasteiger partial charge in [-0.2, -0.15) is 0 Å². The second kappa shape index (κ2) is 12.5. The molecule has 4 unspecified atom stereocenters. The van der Waals surface area contributed by atoms with Gasteiger partial charge in [0.05, 0.1) is 0 Å². The average Bonchev–Trinajstić information content (AvgIpc) is 3.63. The third-order valence-corrected chi connectivity index (χ3v) is 7.11. The first-order valence-electron chi connectivity index (χ1n) is 13.9. The van der Waals surface area contributed by atoms with Gasteiger partial charge in [0.1, 0.15) is 23.4 Å². The van der Waals surface area contributed by atoms with Crippen LogP contribution in [-0.4, -0.2) is 45.6 Å². The fourth-order valence-corrected chi connectivity index (χ4v) is 4.90. The fourth-order valence-electron chi connectivity index (χ4n) is 4.90. The molecule has 0 aliphatic heterocycles. The van der Waals surface area contributed by atoms with Crippen LogP contribution in [-0.2, 0) is 20.7 Å². The number of hydrogen-bond acceptors (Lipinski definition) is 5. The van der Waals surface area contributed by atoms with E-state index in [1.165, 1.54) is 11.0 Å². The van der Waals surface area contributed by atoms with Crippen molar-refractivity contribution < 1.29 is 24.2 Å². The first-order chi connectivity index (χ1) is 19.4. The Labute approximate surface area is 241 Å². The molecule has 4 rings (SSSR count). The van der Waals surface area contributed by atoms with Crippen LogP contribution >= 0.6 is 0 Å². The second-order valence-electron chi connectivity index (χ2n) is 11.7. The number of nitrogens with zero attached hydrogens (tertiary/aromatic N) is 1. The van der Waals surface area contributed by atoms with Gasteiger partial charge in [-0.15, -0.1) is 0 Å². The predicted molar refractivity (Wildman–Crippen MR) is 158 cm³/mol. The highest BCUT2D eigenvalue weighted by Crippen LogP contribution is 2.42. The van der Waals surface area contributed by atoms with Gasteiger partial charge in [-0.05, 0) is 63.3 Å². The lowest BCUT2D eigenvalue weighted by atomic mass is 9.99. The Hall–Kier alpha value is -4.33. The number of hydrogen-bond donors (Lipinski definition) is 3. The fraction of sp³-hybridized carbons (Fsp3) is 0.364. The van der Waals surface area contributed by atoms with Crippen LogP contribution in [0.2, 0.25) is 0 Å². The Kier molecular flexibility index (Phi) is 9.01. The van der Waals surface area contributed by atoms with Crippen LogP contribution in [0.15, 0.2) is 78.9 Å². The van der Waals surface area contributed by atoms with E-state index < -0.39 is 35.6 Å². The first kappa shape index (κ1) is 29.6. The molecular weight excluding hydrogens is 518 g/mol. The molecule has 3 N–H and O–H groups in total. The Morgan fingerprint density at radius 1 is 0.976 bits per heavy atom. The van der Waals surface area contributed by atoms with Crippen LogP contribution < -0.4 is 10.6 Å². The Morgan fingerprint density at radius 2 is 1.59 bits per heavy atom. The minimum atomic E-state index is -1.14. The third kappa shape index (κ3) is 7.66. The summed E-state index contributed by atoms with van der Waals surface area (Å²) < 4.78 is 5.50. The van der Waals surface area contributed by atoms with Crippen molar-refractivity contribution in [3.8, 4) is 5.75 Å². The summed E-state index contributed by atoms with van der Waals surface area (Å²) in [6, 6.07) is 20.9. The molecule has 1 aliphatic rings. The zero-order chi connectivity index (χ0) is 29.7. The zero-order valence-corrected chi connectivity index (χ0v) is 24.3. The van der Waals surface area contributed by atoms with Gasteiger partial charge in [-0.25, -0.2) is 4.79 Å². The number of benzene rings is 3. The van der Waals surface area contributed by atoms with Gasteiger partial charge in [0.2, 0.25) is 5.91 Å². The van der Waals surface area contributed by atoms with Crippen molar-refractivity contribution in [2.24, 2.45) is 5.92 Å². The molecule has 8 nitrogen and oxygen atoms in total. The van der Waals surface area contributed by atoms with E-state index in [0.717, 1.165) is 11.1 Å².